The van der Waals surface area contributed by atoms with E-state index < -0.39 is 0 Å². The first-order chi connectivity index (χ1) is 18.1. The van der Waals surface area contributed by atoms with Gasteiger partial charge in [-0.2, -0.15) is 0 Å². The van der Waals surface area contributed by atoms with Gasteiger partial charge in [0.15, 0.2) is 0 Å². The monoisotopic (exact) mass is 545 g/mol. The van der Waals surface area contributed by atoms with Gasteiger partial charge in [-0.25, -0.2) is 0 Å². The molecule has 0 aliphatic carbocycles. The van der Waals surface area contributed by atoms with Gasteiger partial charge in [0.2, 0.25) is 5.91 Å². The summed E-state index contributed by atoms with van der Waals surface area (Å²) < 4.78 is 6.79. The number of nitrogens with zero attached hydrogens (tertiary/aromatic N) is 1. The van der Waals surface area contributed by atoms with Gasteiger partial charge in [-0.15, -0.1) is 0 Å². The van der Waals surface area contributed by atoms with Crippen molar-refractivity contribution in [3.05, 3.63) is 65.2 Å². The Bertz CT molecular complexity index is 915. The van der Waals surface area contributed by atoms with Crippen LogP contribution in [-0.4, -0.2) is 54.9 Å². The highest BCUT2D eigenvalue weighted by Crippen LogP contribution is 2.39. The minimum absolute atomic E-state index is 0.0262. The SMILES string of the molecule is CSNCC(CCCc1ccc(N2C(=O)CC2c2ccc(CCCC(CO)CO)cc2)cc1)CNSC. The second kappa shape index (κ2) is 16.4. The summed E-state index contributed by atoms with van der Waals surface area (Å²) in [6, 6.07) is 17.2. The molecule has 1 atom stereocenters. The first-order valence-corrected chi connectivity index (χ1v) is 15.8. The normalized spacial score (nSPS) is 15.6. The van der Waals surface area contributed by atoms with Crippen LogP contribution in [0.2, 0.25) is 0 Å². The number of β-lactam (4-membered cyclic amide) rings is 1. The lowest BCUT2D eigenvalue weighted by molar-refractivity contribution is -0.124. The highest BCUT2D eigenvalue weighted by atomic mass is 32.2. The van der Waals surface area contributed by atoms with Gasteiger partial charge in [0.1, 0.15) is 0 Å². The van der Waals surface area contributed by atoms with Crippen molar-refractivity contribution in [2.45, 2.75) is 51.0 Å². The molecule has 0 spiro atoms. The predicted molar refractivity (Wildman–Crippen MR) is 158 cm³/mol. The maximum atomic E-state index is 12.5. The predicted octanol–water partition coefficient (Wildman–Crippen LogP) is 4.76. The van der Waals surface area contributed by atoms with E-state index in [1.54, 1.807) is 23.9 Å². The maximum Gasteiger partial charge on any atom is 0.230 e. The Hall–Kier alpha value is -1.55. The van der Waals surface area contributed by atoms with Gasteiger partial charge in [-0.3, -0.25) is 14.2 Å². The van der Waals surface area contributed by atoms with Gasteiger partial charge < -0.3 is 15.1 Å². The van der Waals surface area contributed by atoms with E-state index in [1.807, 2.05) is 4.90 Å². The molecular weight excluding hydrogens is 502 g/mol. The number of anilines is 1. The minimum atomic E-state index is -0.0262. The molecule has 1 amide bonds. The fourth-order valence-corrected chi connectivity index (χ4v) is 5.65. The lowest BCUT2D eigenvalue weighted by Crippen LogP contribution is -2.46. The average molecular weight is 546 g/mol. The third-order valence-electron chi connectivity index (χ3n) is 7.23. The second-order valence-electron chi connectivity index (χ2n) is 9.88. The van der Waals surface area contributed by atoms with Crippen molar-refractivity contribution in [1.29, 1.82) is 0 Å². The number of hydrogen-bond acceptors (Lipinski definition) is 7. The van der Waals surface area contributed by atoms with Gasteiger partial charge in [-0.05, 0) is 85.8 Å². The molecule has 0 aromatic heterocycles. The van der Waals surface area contributed by atoms with Crippen LogP contribution in [0.15, 0.2) is 48.5 Å². The van der Waals surface area contributed by atoms with Gasteiger partial charge >= 0.3 is 0 Å². The van der Waals surface area contributed by atoms with Crippen LogP contribution in [0.1, 0.15) is 54.8 Å². The van der Waals surface area contributed by atoms with E-state index in [9.17, 15) is 15.0 Å². The van der Waals surface area contributed by atoms with Crippen LogP contribution in [0.3, 0.4) is 0 Å². The fourth-order valence-electron chi connectivity index (χ4n) is 4.85. The summed E-state index contributed by atoms with van der Waals surface area (Å²) >= 11 is 3.36. The lowest BCUT2D eigenvalue weighted by atomic mass is 9.91. The van der Waals surface area contributed by atoms with Gasteiger partial charge in [0, 0.05) is 37.9 Å². The quantitative estimate of drug-likeness (QED) is 0.159. The van der Waals surface area contributed by atoms with E-state index >= 15 is 0 Å². The summed E-state index contributed by atoms with van der Waals surface area (Å²) in [6.45, 7) is 2.10. The third-order valence-corrected chi connectivity index (χ3v) is 8.14. The number of nitrogens with one attached hydrogen (secondary N) is 2. The Balaban J connectivity index is 1.50. The van der Waals surface area contributed by atoms with Crippen LogP contribution >= 0.6 is 23.9 Å². The molecule has 1 aliphatic rings. The zero-order valence-corrected chi connectivity index (χ0v) is 23.8. The number of hydrogen-bond donors (Lipinski definition) is 4. The van der Waals surface area contributed by atoms with Crippen molar-refractivity contribution < 1.29 is 15.0 Å². The summed E-state index contributed by atoms with van der Waals surface area (Å²) in [7, 11) is 0. The average Bonchev–Trinajstić information content (AvgIpc) is 2.92. The third kappa shape index (κ3) is 9.30. The zero-order valence-electron chi connectivity index (χ0n) is 22.2. The van der Waals surface area contributed by atoms with E-state index in [4.69, 9.17) is 0 Å². The molecule has 1 unspecified atom stereocenters. The van der Waals surface area contributed by atoms with Crippen molar-refractivity contribution in [3.63, 3.8) is 0 Å². The fraction of sp³-hybridized carbons (Fsp3) is 0.552. The summed E-state index contributed by atoms with van der Waals surface area (Å²) in [5.74, 6) is 0.760. The van der Waals surface area contributed by atoms with Crippen molar-refractivity contribution in [2.24, 2.45) is 11.8 Å². The number of aliphatic hydroxyl groups excluding tert-OH is 2. The molecule has 1 heterocycles. The smallest absolute Gasteiger partial charge is 0.230 e. The molecule has 4 N–H and O–H groups in total. The molecule has 3 rings (SSSR count). The van der Waals surface area contributed by atoms with Crippen LogP contribution in [0.4, 0.5) is 5.69 Å². The second-order valence-corrected chi connectivity index (χ2v) is 11.3. The molecule has 2 aromatic rings. The number of aliphatic hydroxyl groups is 2. The van der Waals surface area contributed by atoms with E-state index in [0.29, 0.717) is 12.3 Å². The first kappa shape index (κ1) is 30.0. The van der Waals surface area contributed by atoms with E-state index in [0.717, 1.165) is 50.9 Å². The van der Waals surface area contributed by atoms with Crippen molar-refractivity contribution >= 4 is 35.5 Å². The Labute approximate surface area is 231 Å². The Morgan fingerprint density at radius 2 is 1.35 bits per heavy atom. The molecule has 1 fully saturated rings. The molecule has 2 aromatic carbocycles. The molecule has 6 nitrogen and oxygen atoms in total. The van der Waals surface area contributed by atoms with Crippen LogP contribution in [-0.2, 0) is 17.6 Å². The lowest BCUT2D eigenvalue weighted by Gasteiger charge is -2.41. The molecule has 37 heavy (non-hydrogen) atoms. The van der Waals surface area contributed by atoms with Crippen molar-refractivity contribution in [1.82, 2.24) is 9.44 Å². The summed E-state index contributed by atoms with van der Waals surface area (Å²) in [6.07, 6.45) is 10.7. The van der Waals surface area contributed by atoms with Crippen molar-refractivity contribution in [2.75, 3.05) is 43.7 Å². The van der Waals surface area contributed by atoms with Crippen LogP contribution in [0.5, 0.6) is 0 Å². The minimum Gasteiger partial charge on any atom is -0.396 e. The van der Waals surface area contributed by atoms with Gasteiger partial charge in [0.05, 0.1) is 12.5 Å². The standard InChI is InChI=1S/C29H43N3O3S2/c1-36-30-18-24(19-31-37-2)7-3-5-23-11-15-27(16-12-23)32-28(17-29(32)35)26-13-9-22(10-14-26)6-4-8-25(20-33)21-34/h9-16,24-25,28,30-31,33-34H,3-8,17-21H2,1-2H3. The molecule has 1 saturated heterocycles. The molecule has 0 saturated carbocycles. The van der Waals surface area contributed by atoms with E-state index in [-0.39, 0.29) is 31.1 Å². The first-order valence-electron chi connectivity index (χ1n) is 13.3. The molecule has 8 heteroatoms. The van der Waals surface area contributed by atoms with Crippen molar-refractivity contribution in [3.8, 4) is 0 Å². The Morgan fingerprint density at radius 1 is 0.838 bits per heavy atom. The number of benzene rings is 2. The molecular formula is C29H43N3O3S2. The molecule has 0 radical (unpaired) electrons. The number of carbonyl (C=O) groups is 1. The Kier molecular flexibility index (Phi) is 13.3. The van der Waals surface area contributed by atoms with Crippen LogP contribution in [0.25, 0.3) is 0 Å². The number of amides is 1. The summed E-state index contributed by atoms with van der Waals surface area (Å²) in [5.41, 5.74) is 4.70. The summed E-state index contributed by atoms with van der Waals surface area (Å²) in [4.78, 5) is 14.4. The Morgan fingerprint density at radius 3 is 1.84 bits per heavy atom. The zero-order chi connectivity index (χ0) is 26.5. The highest BCUT2D eigenvalue weighted by molar-refractivity contribution is 7.96. The van der Waals surface area contributed by atoms with E-state index in [1.165, 1.54) is 23.1 Å². The van der Waals surface area contributed by atoms with Crippen LogP contribution < -0.4 is 14.3 Å². The largest absolute Gasteiger partial charge is 0.396 e. The highest BCUT2D eigenvalue weighted by Gasteiger charge is 2.38. The maximum absolute atomic E-state index is 12.5. The topological polar surface area (TPSA) is 84.8 Å². The molecule has 0 bridgehead atoms. The number of rotatable bonds is 18. The molecule has 1 aliphatic heterocycles. The van der Waals surface area contributed by atoms with Gasteiger partial charge in [0.25, 0.3) is 0 Å². The van der Waals surface area contributed by atoms with Crippen LogP contribution in [0, 0.1) is 11.8 Å². The molecule has 204 valence electrons. The van der Waals surface area contributed by atoms with E-state index in [2.05, 4.69) is 70.5 Å². The number of carbonyl (C=O) groups excluding carboxylic acids is 1. The van der Waals surface area contributed by atoms with Gasteiger partial charge in [-0.1, -0.05) is 60.3 Å². The summed E-state index contributed by atoms with van der Waals surface area (Å²) in [5, 5.41) is 18.4. The number of aryl methyl sites for hydroxylation is 2.